The number of amides is 1. The molecule has 8 nitrogen and oxygen atoms in total. The molecule has 1 amide bonds. The Labute approximate surface area is 158 Å². The van der Waals surface area contributed by atoms with Crippen molar-refractivity contribution in [1.29, 1.82) is 0 Å². The topological polar surface area (TPSA) is 110 Å². The summed E-state index contributed by atoms with van der Waals surface area (Å²) in [6.07, 6.45) is 0.253. The number of piperidine rings is 1. The highest BCUT2D eigenvalue weighted by Crippen LogP contribution is 2.31. The molecule has 26 heavy (non-hydrogen) atoms. The minimum absolute atomic E-state index is 0.0373. The lowest BCUT2D eigenvalue weighted by molar-refractivity contribution is -0.118. The van der Waals surface area contributed by atoms with Crippen LogP contribution >= 0.6 is 11.6 Å². The quantitative estimate of drug-likeness (QED) is 0.718. The van der Waals surface area contributed by atoms with Gasteiger partial charge in [-0.2, -0.15) is 4.31 Å². The standard InChI is InChI=1S/C15H21ClN2O6S2/c1-17-15(19)10-25(20,21)12-5-7-18(8-6-12)26(22,23)14-9-11(16)3-4-13(14)24-2/h3-4,9,12H,5-8,10H2,1-2H3,(H,17,19). The summed E-state index contributed by atoms with van der Waals surface area (Å²) in [5.41, 5.74) is 0. The number of hydrogen-bond donors (Lipinski definition) is 1. The number of sulfone groups is 1. The highest BCUT2D eigenvalue weighted by atomic mass is 35.5. The van der Waals surface area contributed by atoms with Gasteiger partial charge in [-0.05, 0) is 31.0 Å². The molecular formula is C15H21ClN2O6S2. The smallest absolute Gasteiger partial charge is 0.246 e. The summed E-state index contributed by atoms with van der Waals surface area (Å²) < 4.78 is 56.6. The third-order valence-electron chi connectivity index (χ3n) is 4.26. The number of halogens is 1. The Balaban J connectivity index is 2.17. The van der Waals surface area contributed by atoms with Crippen LogP contribution in [0.4, 0.5) is 0 Å². The number of sulfonamides is 1. The van der Waals surface area contributed by atoms with Crippen molar-refractivity contribution in [1.82, 2.24) is 9.62 Å². The first-order valence-corrected chi connectivity index (χ1v) is 11.4. The van der Waals surface area contributed by atoms with Crippen LogP contribution < -0.4 is 10.1 Å². The van der Waals surface area contributed by atoms with E-state index in [4.69, 9.17) is 16.3 Å². The van der Waals surface area contributed by atoms with Gasteiger partial charge in [-0.3, -0.25) is 4.79 Å². The fraction of sp³-hybridized carbons (Fsp3) is 0.533. The van der Waals surface area contributed by atoms with E-state index in [-0.39, 0.29) is 41.6 Å². The van der Waals surface area contributed by atoms with Crippen molar-refractivity contribution in [2.24, 2.45) is 0 Å². The maximum Gasteiger partial charge on any atom is 0.246 e. The minimum atomic E-state index is -3.87. The van der Waals surface area contributed by atoms with Crippen molar-refractivity contribution in [3.63, 3.8) is 0 Å². The number of carbonyl (C=O) groups excluding carboxylic acids is 1. The molecule has 1 aromatic rings. The third kappa shape index (κ3) is 4.48. The molecule has 146 valence electrons. The van der Waals surface area contributed by atoms with E-state index in [1.165, 1.54) is 36.7 Å². The van der Waals surface area contributed by atoms with Crippen LogP contribution in [0, 0.1) is 0 Å². The SMILES string of the molecule is CNC(=O)CS(=O)(=O)C1CCN(S(=O)(=O)c2cc(Cl)ccc2OC)CC1. The van der Waals surface area contributed by atoms with Gasteiger partial charge in [-0.1, -0.05) is 11.6 Å². The molecule has 0 aromatic heterocycles. The predicted molar refractivity (Wildman–Crippen MR) is 97.6 cm³/mol. The molecule has 1 saturated heterocycles. The Kier molecular flexibility index (Phi) is 6.54. The second kappa shape index (κ2) is 8.12. The zero-order chi connectivity index (χ0) is 19.5. The van der Waals surface area contributed by atoms with Crippen LogP contribution in [0.5, 0.6) is 5.75 Å². The lowest BCUT2D eigenvalue weighted by Gasteiger charge is -2.31. The van der Waals surface area contributed by atoms with Crippen LogP contribution in [0.25, 0.3) is 0 Å². The first-order valence-electron chi connectivity index (χ1n) is 7.87. The largest absolute Gasteiger partial charge is 0.495 e. The van der Waals surface area contributed by atoms with E-state index in [0.717, 1.165) is 0 Å². The molecule has 1 aliphatic rings. The van der Waals surface area contributed by atoms with Gasteiger partial charge in [0.25, 0.3) is 0 Å². The second-order valence-corrected chi connectivity index (χ2v) is 10.5. The molecule has 0 bridgehead atoms. The van der Waals surface area contributed by atoms with Crippen LogP contribution in [0.15, 0.2) is 23.1 Å². The Morgan fingerprint density at radius 2 is 1.88 bits per heavy atom. The van der Waals surface area contributed by atoms with E-state index in [1.807, 2.05) is 0 Å². The molecule has 0 spiro atoms. The molecule has 1 heterocycles. The Morgan fingerprint density at radius 1 is 1.27 bits per heavy atom. The monoisotopic (exact) mass is 424 g/mol. The van der Waals surface area contributed by atoms with E-state index < -0.39 is 36.8 Å². The number of carbonyl (C=O) groups is 1. The van der Waals surface area contributed by atoms with Crippen LogP contribution in [0.3, 0.4) is 0 Å². The summed E-state index contributed by atoms with van der Waals surface area (Å²) in [5, 5.41) is 1.80. The van der Waals surface area contributed by atoms with Gasteiger partial charge < -0.3 is 10.1 Å². The molecule has 0 atom stereocenters. The molecule has 11 heteroatoms. The summed E-state index contributed by atoms with van der Waals surface area (Å²) in [6, 6.07) is 4.30. The number of nitrogens with one attached hydrogen (secondary N) is 1. The first kappa shape index (κ1) is 20.9. The molecular weight excluding hydrogens is 404 g/mol. The van der Waals surface area contributed by atoms with Crippen LogP contribution in [-0.2, 0) is 24.7 Å². The van der Waals surface area contributed by atoms with Crippen molar-refractivity contribution >= 4 is 37.4 Å². The maximum absolute atomic E-state index is 12.9. The molecule has 1 fully saturated rings. The van der Waals surface area contributed by atoms with E-state index in [9.17, 15) is 21.6 Å². The van der Waals surface area contributed by atoms with Crippen molar-refractivity contribution < 1.29 is 26.4 Å². The van der Waals surface area contributed by atoms with Crippen LogP contribution in [-0.4, -0.2) is 65.3 Å². The van der Waals surface area contributed by atoms with Gasteiger partial charge in [0.15, 0.2) is 9.84 Å². The number of methoxy groups -OCH3 is 1. The lowest BCUT2D eigenvalue weighted by atomic mass is 10.2. The number of benzene rings is 1. The summed E-state index contributed by atoms with van der Waals surface area (Å²) >= 11 is 5.91. The Hall–Kier alpha value is -1.36. The average Bonchev–Trinajstić information content (AvgIpc) is 2.61. The average molecular weight is 425 g/mol. The van der Waals surface area contributed by atoms with Gasteiger partial charge >= 0.3 is 0 Å². The number of ether oxygens (including phenoxy) is 1. The summed E-state index contributed by atoms with van der Waals surface area (Å²) in [7, 11) is -4.77. The van der Waals surface area contributed by atoms with Gasteiger partial charge in [0.05, 0.1) is 12.4 Å². The zero-order valence-electron chi connectivity index (χ0n) is 14.4. The number of nitrogens with zero attached hydrogens (tertiary/aromatic N) is 1. The number of rotatable bonds is 6. The summed E-state index contributed by atoms with van der Waals surface area (Å²) in [4.78, 5) is 11.3. The van der Waals surface area contributed by atoms with Crippen molar-refractivity contribution in [3.05, 3.63) is 23.2 Å². The molecule has 1 aliphatic heterocycles. The Bertz CT molecular complexity index is 877. The molecule has 0 aliphatic carbocycles. The molecule has 0 saturated carbocycles. The van der Waals surface area contributed by atoms with Gasteiger partial charge in [0.1, 0.15) is 16.4 Å². The van der Waals surface area contributed by atoms with Crippen molar-refractivity contribution in [3.8, 4) is 5.75 Å². The van der Waals surface area contributed by atoms with Gasteiger partial charge in [-0.15, -0.1) is 0 Å². The van der Waals surface area contributed by atoms with Crippen molar-refractivity contribution in [2.75, 3.05) is 33.0 Å². The van der Waals surface area contributed by atoms with Crippen molar-refractivity contribution in [2.45, 2.75) is 23.0 Å². The van der Waals surface area contributed by atoms with Crippen LogP contribution in [0.2, 0.25) is 5.02 Å². The van der Waals surface area contributed by atoms with Gasteiger partial charge in [0.2, 0.25) is 15.9 Å². The fourth-order valence-electron chi connectivity index (χ4n) is 2.80. The first-order chi connectivity index (χ1) is 12.1. The van der Waals surface area contributed by atoms with E-state index in [0.29, 0.717) is 0 Å². The molecule has 2 rings (SSSR count). The summed E-state index contributed by atoms with van der Waals surface area (Å²) in [6.45, 7) is 0.0747. The molecule has 1 aromatic carbocycles. The van der Waals surface area contributed by atoms with Gasteiger partial charge in [0, 0.05) is 25.2 Å². The highest BCUT2D eigenvalue weighted by molar-refractivity contribution is 7.92. The van der Waals surface area contributed by atoms with E-state index in [2.05, 4.69) is 5.32 Å². The third-order valence-corrected chi connectivity index (χ3v) is 8.57. The highest BCUT2D eigenvalue weighted by Gasteiger charge is 2.36. The summed E-state index contributed by atoms with van der Waals surface area (Å²) in [5.74, 6) is -1.00. The second-order valence-electron chi connectivity index (χ2n) is 5.88. The molecule has 1 N–H and O–H groups in total. The lowest BCUT2D eigenvalue weighted by Crippen LogP contribution is -2.44. The van der Waals surface area contributed by atoms with Crippen LogP contribution in [0.1, 0.15) is 12.8 Å². The zero-order valence-corrected chi connectivity index (χ0v) is 16.8. The minimum Gasteiger partial charge on any atom is -0.495 e. The Morgan fingerprint density at radius 3 is 2.42 bits per heavy atom. The fourth-order valence-corrected chi connectivity index (χ4v) is 6.36. The van der Waals surface area contributed by atoms with Gasteiger partial charge in [-0.25, -0.2) is 16.8 Å². The van der Waals surface area contributed by atoms with E-state index >= 15 is 0 Å². The normalized spacial score (nSPS) is 17.0. The number of hydrogen-bond acceptors (Lipinski definition) is 6. The van der Waals surface area contributed by atoms with E-state index in [1.54, 1.807) is 0 Å². The molecule has 0 radical (unpaired) electrons. The predicted octanol–water partition coefficient (Wildman–Crippen LogP) is 0.663. The maximum atomic E-state index is 12.9. The molecule has 0 unspecified atom stereocenters.